The van der Waals surface area contributed by atoms with Crippen molar-refractivity contribution in [2.45, 2.75) is 6.54 Å². The van der Waals surface area contributed by atoms with Crippen molar-refractivity contribution >= 4 is 16.7 Å². The summed E-state index contributed by atoms with van der Waals surface area (Å²) in [5.74, 6) is 2.37. The average molecular weight is 427 g/mol. The summed E-state index contributed by atoms with van der Waals surface area (Å²) in [6.07, 6.45) is 3.15. The Balaban J connectivity index is 1.62. The van der Waals surface area contributed by atoms with Gasteiger partial charge < -0.3 is 18.8 Å². The van der Waals surface area contributed by atoms with Crippen LogP contribution in [0.4, 0.5) is 0 Å². The van der Waals surface area contributed by atoms with Gasteiger partial charge in [0.25, 0.3) is 11.3 Å². The number of rotatable bonds is 4. The molecule has 0 spiro atoms. The maximum atomic E-state index is 13.7. The number of nitrogens with zero attached hydrogens (tertiary/aromatic N) is 5. The zero-order chi connectivity index (χ0) is 21.7. The Morgan fingerprint density at radius 1 is 1.09 bits per heavy atom. The topological polar surface area (TPSA) is 92.8 Å². The highest BCUT2D eigenvalue weighted by atomic mass is 16.7. The van der Waals surface area contributed by atoms with E-state index < -0.39 is 0 Å². The fourth-order valence-electron chi connectivity index (χ4n) is 4.08. The van der Waals surface area contributed by atoms with Crippen molar-refractivity contribution < 1.29 is 14.2 Å². The van der Waals surface area contributed by atoms with Gasteiger partial charge in [-0.15, -0.1) is 0 Å². The van der Waals surface area contributed by atoms with Crippen molar-refractivity contribution in [3.8, 4) is 28.5 Å². The van der Waals surface area contributed by atoms with E-state index in [1.165, 1.54) is 6.33 Å². The predicted octanol–water partition coefficient (Wildman–Crippen LogP) is 2.89. The summed E-state index contributed by atoms with van der Waals surface area (Å²) in [6, 6.07) is 15.0. The summed E-state index contributed by atoms with van der Waals surface area (Å²) in [6.45, 7) is 0.493. The molecule has 9 nitrogen and oxygen atoms in total. The molecular weight excluding hydrogens is 410 g/mol. The van der Waals surface area contributed by atoms with Crippen molar-refractivity contribution in [2.75, 3.05) is 13.9 Å². The van der Waals surface area contributed by atoms with Crippen LogP contribution < -0.4 is 19.8 Å². The standard InChI is InChI=1S/C23H17N5O4/c1-30-17-7-3-2-6-15(17)20-19-16(26-23-24-12-25-28(20)23)9-10-27(22(19)29)11-14-5-4-8-18-21(14)32-13-31-18/h2-10,12H,11,13H2,1H3. The fourth-order valence-corrected chi connectivity index (χ4v) is 4.08. The van der Waals surface area contributed by atoms with Crippen molar-refractivity contribution in [1.82, 2.24) is 24.1 Å². The number of fused-ring (bicyclic) bond motifs is 3. The molecule has 0 saturated carbocycles. The van der Waals surface area contributed by atoms with Crippen LogP contribution in [0.5, 0.6) is 17.2 Å². The number of pyridine rings is 1. The third kappa shape index (κ3) is 2.71. The van der Waals surface area contributed by atoms with Crippen LogP contribution in [-0.2, 0) is 6.54 Å². The van der Waals surface area contributed by atoms with Crippen LogP contribution in [0.3, 0.4) is 0 Å². The Morgan fingerprint density at radius 3 is 2.91 bits per heavy atom. The minimum Gasteiger partial charge on any atom is -0.496 e. The van der Waals surface area contributed by atoms with Crippen LogP contribution >= 0.6 is 0 Å². The molecule has 9 heteroatoms. The number of benzene rings is 2. The molecule has 4 heterocycles. The molecule has 0 bridgehead atoms. The smallest absolute Gasteiger partial charge is 0.262 e. The van der Waals surface area contributed by atoms with Crippen molar-refractivity contribution in [2.24, 2.45) is 0 Å². The Hall–Kier alpha value is -4.40. The average Bonchev–Trinajstić information content (AvgIpc) is 3.49. The van der Waals surface area contributed by atoms with E-state index in [1.807, 2.05) is 48.5 Å². The van der Waals surface area contributed by atoms with Gasteiger partial charge in [-0.2, -0.15) is 14.6 Å². The largest absolute Gasteiger partial charge is 0.496 e. The minimum atomic E-state index is -0.204. The molecule has 158 valence electrons. The van der Waals surface area contributed by atoms with Crippen LogP contribution in [0, 0.1) is 0 Å². The van der Waals surface area contributed by atoms with Crippen molar-refractivity contribution in [3.05, 3.63) is 77.0 Å². The summed E-state index contributed by atoms with van der Waals surface area (Å²) in [7, 11) is 1.59. The lowest BCUT2D eigenvalue weighted by Crippen LogP contribution is -2.22. The first-order valence-electron chi connectivity index (χ1n) is 9.98. The van der Waals surface area contributed by atoms with E-state index in [1.54, 1.807) is 22.4 Å². The van der Waals surface area contributed by atoms with Crippen molar-refractivity contribution in [3.63, 3.8) is 0 Å². The summed E-state index contributed by atoms with van der Waals surface area (Å²) >= 11 is 0. The lowest BCUT2D eigenvalue weighted by molar-refractivity contribution is 0.173. The molecule has 2 aromatic carbocycles. The van der Waals surface area contributed by atoms with Crippen LogP contribution in [0.25, 0.3) is 27.9 Å². The van der Waals surface area contributed by atoms with Crippen LogP contribution in [0.15, 0.2) is 65.8 Å². The minimum absolute atomic E-state index is 0.172. The molecule has 0 fully saturated rings. The molecule has 1 aliphatic rings. The van der Waals surface area contributed by atoms with Crippen molar-refractivity contribution in [1.29, 1.82) is 0 Å². The van der Waals surface area contributed by atoms with Crippen LogP contribution in [-0.4, -0.2) is 38.1 Å². The summed E-state index contributed by atoms with van der Waals surface area (Å²) in [5.41, 5.74) is 2.49. The van der Waals surface area contributed by atoms with E-state index in [-0.39, 0.29) is 12.4 Å². The van der Waals surface area contributed by atoms with E-state index in [4.69, 9.17) is 14.2 Å². The molecule has 0 unspecified atom stereocenters. The SMILES string of the molecule is COc1ccccc1-c1c2c(=O)n(Cc3cccc4c3OCO4)ccc2nc2ncnn12. The molecule has 0 amide bonds. The maximum absolute atomic E-state index is 13.7. The Labute approximate surface area is 181 Å². The first kappa shape index (κ1) is 18.4. The second kappa shape index (κ2) is 7.09. The molecular formula is C23H17N5O4. The molecule has 32 heavy (non-hydrogen) atoms. The Kier molecular flexibility index (Phi) is 4.07. The Morgan fingerprint density at radius 2 is 2.00 bits per heavy atom. The van der Waals surface area contributed by atoms with E-state index in [2.05, 4.69) is 15.1 Å². The van der Waals surface area contributed by atoms with Gasteiger partial charge in [0, 0.05) is 17.3 Å². The van der Waals surface area contributed by atoms with Gasteiger partial charge in [-0.25, -0.2) is 4.98 Å². The lowest BCUT2D eigenvalue weighted by atomic mass is 10.1. The highest BCUT2D eigenvalue weighted by Gasteiger charge is 2.21. The molecule has 0 aliphatic carbocycles. The van der Waals surface area contributed by atoms with E-state index in [0.717, 1.165) is 11.1 Å². The molecule has 0 atom stereocenters. The third-order valence-corrected chi connectivity index (χ3v) is 5.52. The zero-order valence-corrected chi connectivity index (χ0v) is 17.1. The molecule has 1 aliphatic heterocycles. The van der Waals surface area contributed by atoms with E-state index in [0.29, 0.717) is 46.2 Å². The lowest BCUT2D eigenvalue weighted by Gasteiger charge is -2.14. The van der Waals surface area contributed by atoms with E-state index in [9.17, 15) is 4.79 Å². The normalized spacial score (nSPS) is 12.5. The fraction of sp³-hybridized carbons (Fsp3) is 0.130. The summed E-state index contributed by atoms with van der Waals surface area (Å²) in [4.78, 5) is 22.5. The predicted molar refractivity (Wildman–Crippen MR) is 116 cm³/mol. The molecule has 0 saturated heterocycles. The number of ether oxygens (including phenoxy) is 3. The molecule has 6 rings (SSSR count). The highest BCUT2D eigenvalue weighted by molar-refractivity contribution is 5.94. The van der Waals surface area contributed by atoms with Gasteiger partial charge in [0.1, 0.15) is 12.1 Å². The number of hydrogen-bond acceptors (Lipinski definition) is 7. The van der Waals surface area contributed by atoms with Gasteiger partial charge in [-0.1, -0.05) is 24.3 Å². The molecule has 5 aromatic rings. The first-order valence-corrected chi connectivity index (χ1v) is 9.98. The molecule has 3 aromatic heterocycles. The summed E-state index contributed by atoms with van der Waals surface area (Å²) < 4.78 is 19.8. The summed E-state index contributed by atoms with van der Waals surface area (Å²) in [5, 5.41) is 4.76. The van der Waals surface area contributed by atoms with E-state index >= 15 is 0 Å². The highest BCUT2D eigenvalue weighted by Crippen LogP contribution is 2.36. The monoisotopic (exact) mass is 427 g/mol. The van der Waals surface area contributed by atoms with Gasteiger partial charge in [0.15, 0.2) is 11.5 Å². The number of para-hydroxylation sites is 2. The Bertz CT molecular complexity index is 1560. The number of methoxy groups -OCH3 is 1. The van der Waals surface area contributed by atoms with Gasteiger partial charge in [0.05, 0.1) is 30.3 Å². The van der Waals surface area contributed by atoms with Crippen LogP contribution in [0.1, 0.15) is 5.56 Å². The van der Waals surface area contributed by atoms with Gasteiger partial charge >= 0.3 is 0 Å². The van der Waals surface area contributed by atoms with Gasteiger partial charge in [-0.05, 0) is 24.3 Å². The maximum Gasteiger partial charge on any atom is 0.262 e. The molecule has 0 radical (unpaired) electrons. The quantitative estimate of drug-likeness (QED) is 0.435. The number of hydrogen-bond donors (Lipinski definition) is 0. The second-order valence-corrected chi connectivity index (χ2v) is 7.29. The van der Waals surface area contributed by atoms with Crippen LogP contribution in [0.2, 0.25) is 0 Å². The molecule has 0 N–H and O–H groups in total. The van der Waals surface area contributed by atoms with Gasteiger partial charge in [0.2, 0.25) is 6.79 Å². The number of aromatic nitrogens is 5. The second-order valence-electron chi connectivity index (χ2n) is 7.29. The zero-order valence-electron chi connectivity index (χ0n) is 17.1. The third-order valence-electron chi connectivity index (χ3n) is 5.52. The van der Waals surface area contributed by atoms with Gasteiger partial charge in [-0.3, -0.25) is 4.79 Å². The first-order chi connectivity index (χ1) is 15.7.